The standard InChI is InChI=1S/C6H18N2Si/c1-9(2,6-8)5-3-4-7/h3-8H2,1-2H3. The van der Waals surface area contributed by atoms with Crippen molar-refractivity contribution >= 4 is 8.07 Å². The van der Waals surface area contributed by atoms with Gasteiger partial charge in [0.05, 0.1) is 8.07 Å². The van der Waals surface area contributed by atoms with Crippen molar-refractivity contribution in [2.24, 2.45) is 11.5 Å². The van der Waals surface area contributed by atoms with Crippen LogP contribution in [-0.2, 0) is 0 Å². The van der Waals surface area contributed by atoms with Gasteiger partial charge in [-0.2, -0.15) is 0 Å². The summed E-state index contributed by atoms with van der Waals surface area (Å²) in [7, 11) is -1.00. The second-order valence-electron chi connectivity index (χ2n) is 3.26. The van der Waals surface area contributed by atoms with E-state index in [0.29, 0.717) is 0 Å². The molecule has 0 spiro atoms. The first-order valence-corrected chi connectivity index (χ1v) is 6.94. The summed E-state index contributed by atoms with van der Waals surface area (Å²) in [6, 6.07) is 1.28. The molecule has 0 radical (unpaired) electrons. The van der Waals surface area contributed by atoms with Crippen LogP contribution in [0.1, 0.15) is 6.42 Å². The number of hydrogen-bond acceptors (Lipinski definition) is 2. The molecule has 0 fully saturated rings. The van der Waals surface area contributed by atoms with Crippen molar-refractivity contribution in [3.05, 3.63) is 0 Å². The van der Waals surface area contributed by atoms with Gasteiger partial charge in [-0.15, -0.1) is 0 Å². The molecule has 3 heteroatoms. The fourth-order valence-corrected chi connectivity index (χ4v) is 2.05. The summed E-state index contributed by atoms with van der Waals surface area (Å²) in [5, 5.41) is 0. The summed E-state index contributed by atoms with van der Waals surface area (Å²) in [4.78, 5) is 0. The molecular weight excluding hydrogens is 128 g/mol. The van der Waals surface area contributed by atoms with Crippen LogP contribution in [0.4, 0.5) is 0 Å². The Morgan fingerprint density at radius 3 is 2.11 bits per heavy atom. The first-order chi connectivity index (χ1) is 4.12. The molecule has 0 unspecified atom stereocenters. The third kappa shape index (κ3) is 4.63. The molecule has 0 rings (SSSR count). The average molecular weight is 146 g/mol. The Labute approximate surface area is 58.6 Å². The third-order valence-electron chi connectivity index (χ3n) is 1.61. The molecule has 0 aliphatic rings. The molecule has 56 valence electrons. The Morgan fingerprint density at radius 1 is 1.22 bits per heavy atom. The van der Waals surface area contributed by atoms with Gasteiger partial charge >= 0.3 is 0 Å². The molecule has 0 bridgehead atoms. The maximum atomic E-state index is 5.57. The zero-order valence-corrected chi connectivity index (χ0v) is 7.48. The smallest absolute Gasteiger partial charge is 0.0623 e. The summed E-state index contributed by atoms with van der Waals surface area (Å²) in [6.45, 7) is 5.43. The van der Waals surface area contributed by atoms with Crippen molar-refractivity contribution < 1.29 is 0 Å². The molecule has 0 amide bonds. The van der Waals surface area contributed by atoms with Crippen LogP contribution in [0.25, 0.3) is 0 Å². The molecule has 4 N–H and O–H groups in total. The van der Waals surface area contributed by atoms with E-state index in [0.717, 1.165) is 19.1 Å². The Kier molecular flexibility index (Phi) is 4.09. The van der Waals surface area contributed by atoms with Gasteiger partial charge in [-0.3, -0.25) is 0 Å². The van der Waals surface area contributed by atoms with E-state index >= 15 is 0 Å². The Bertz CT molecular complexity index is 73.5. The second-order valence-corrected chi connectivity index (χ2v) is 8.50. The number of nitrogens with two attached hydrogens (primary N) is 2. The van der Waals surface area contributed by atoms with E-state index in [9.17, 15) is 0 Å². The first-order valence-electron chi connectivity index (χ1n) is 3.52. The van der Waals surface area contributed by atoms with Gasteiger partial charge in [0.1, 0.15) is 0 Å². The van der Waals surface area contributed by atoms with Crippen molar-refractivity contribution in [3.63, 3.8) is 0 Å². The third-order valence-corrected chi connectivity index (χ3v) is 4.42. The van der Waals surface area contributed by atoms with E-state index in [4.69, 9.17) is 11.5 Å². The Morgan fingerprint density at radius 2 is 1.78 bits per heavy atom. The molecule has 9 heavy (non-hydrogen) atoms. The Hall–Kier alpha value is 0.137. The molecule has 0 heterocycles. The minimum Gasteiger partial charge on any atom is -0.333 e. The minimum absolute atomic E-state index is 0.816. The van der Waals surface area contributed by atoms with Gasteiger partial charge in [0.2, 0.25) is 0 Å². The predicted molar refractivity (Wildman–Crippen MR) is 45.0 cm³/mol. The van der Waals surface area contributed by atoms with Gasteiger partial charge in [-0.1, -0.05) is 19.1 Å². The molecule has 0 aromatic carbocycles. The lowest BCUT2D eigenvalue weighted by molar-refractivity contribution is 0.906. The van der Waals surface area contributed by atoms with Crippen molar-refractivity contribution in [1.29, 1.82) is 0 Å². The van der Waals surface area contributed by atoms with Crippen molar-refractivity contribution in [2.45, 2.75) is 25.6 Å². The summed E-state index contributed by atoms with van der Waals surface area (Å²) in [5.41, 5.74) is 10.9. The molecule has 0 atom stereocenters. The highest BCUT2D eigenvalue weighted by molar-refractivity contribution is 6.77. The van der Waals surface area contributed by atoms with E-state index in [1.807, 2.05) is 0 Å². The Balaban J connectivity index is 3.33. The first kappa shape index (κ1) is 9.14. The van der Waals surface area contributed by atoms with E-state index < -0.39 is 8.07 Å². The van der Waals surface area contributed by atoms with Crippen molar-refractivity contribution in [3.8, 4) is 0 Å². The second kappa shape index (κ2) is 4.03. The largest absolute Gasteiger partial charge is 0.333 e. The van der Waals surface area contributed by atoms with Crippen LogP contribution in [0.5, 0.6) is 0 Å². The van der Waals surface area contributed by atoms with Crippen LogP contribution in [0, 0.1) is 0 Å². The lowest BCUT2D eigenvalue weighted by Gasteiger charge is -2.18. The summed E-state index contributed by atoms with van der Waals surface area (Å²) >= 11 is 0. The number of rotatable bonds is 4. The summed E-state index contributed by atoms with van der Waals surface area (Å²) in [5.74, 6) is 0. The zero-order chi connectivity index (χ0) is 7.33. The summed E-state index contributed by atoms with van der Waals surface area (Å²) in [6.07, 6.45) is 2.05. The van der Waals surface area contributed by atoms with Gasteiger partial charge in [0.25, 0.3) is 0 Å². The predicted octanol–water partition coefficient (Wildman–Crippen LogP) is 0.541. The normalized spacial score (nSPS) is 12.0. The van der Waals surface area contributed by atoms with Gasteiger partial charge in [0, 0.05) is 0 Å². The van der Waals surface area contributed by atoms with Gasteiger partial charge in [-0.05, 0) is 19.1 Å². The van der Waals surface area contributed by atoms with Crippen molar-refractivity contribution in [2.75, 3.05) is 12.7 Å². The molecule has 0 aromatic heterocycles. The van der Waals surface area contributed by atoms with Crippen LogP contribution in [-0.4, -0.2) is 20.8 Å². The average Bonchev–Trinajstić information content (AvgIpc) is 1.84. The number of hydrogen-bond donors (Lipinski definition) is 2. The fraction of sp³-hybridized carbons (Fsp3) is 1.00. The molecule has 0 aromatic rings. The molecule has 2 nitrogen and oxygen atoms in total. The zero-order valence-electron chi connectivity index (χ0n) is 6.48. The van der Waals surface area contributed by atoms with Crippen molar-refractivity contribution in [1.82, 2.24) is 0 Å². The lowest BCUT2D eigenvalue weighted by Crippen LogP contribution is -2.36. The fourth-order valence-electron chi connectivity index (χ4n) is 0.683. The van der Waals surface area contributed by atoms with Crippen LogP contribution in [0.15, 0.2) is 0 Å². The lowest BCUT2D eigenvalue weighted by atomic mass is 10.5. The highest BCUT2D eigenvalue weighted by atomic mass is 28.3. The topological polar surface area (TPSA) is 52.0 Å². The van der Waals surface area contributed by atoms with E-state index in [2.05, 4.69) is 13.1 Å². The molecule has 0 aliphatic heterocycles. The maximum Gasteiger partial charge on any atom is 0.0623 e. The monoisotopic (exact) mass is 146 g/mol. The highest BCUT2D eigenvalue weighted by Gasteiger charge is 2.16. The van der Waals surface area contributed by atoms with Crippen LogP contribution < -0.4 is 11.5 Å². The van der Waals surface area contributed by atoms with Gasteiger partial charge in [-0.25, -0.2) is 0 Å². The summed E-state index contributed by atoms with van der Waals surface area (Å²) < 4.78 is 0. The van der Waals surface area contributed by atoms with Crippen LogP contribution in [0.2, 0.25) is 19.1 Å². The quantitative estimate of drug-likeness (QED) is 0.569. The molecule has 0 saturated carbocycles. The SMILES string of the molecule is C[Si](C)(CN)CCCN. The minimum atomic E-state index is -1.00. The molecule has 0 saturated heterocycles. The maximum absolute atomic E-state index is 5.57. The van der Waals surface area contributed by atoms with E-state index in [1.54, 1.807) is 0 Å². The van der Waals surface area contributed by atoms with E-state index in [1.165, 1.54) is 6.04 Å². The molecule has 0 aliphatic carbocycles. The van der Waals surface area contributed by atoms with Crippen LogP contribution in [0.3, 0.4) is 0 Å². The van der Waals surface area contributed by atoms with Crippen LogP contribution >= 0.6 is 0 Å². The van der Waals surface area contributed by atoms with Gasteiger partial charge < -0.3 is 11.5 Å². The highest BCUT2D eigenvalue weighted by Crippen LogP contribution is 2.08. The van der Waals surface area contributed by atoms with E-state index in [-0.39, 0.29) is 0 Å². The van der Waals surface area contributed by atoms with Gasteiger partial charge in [0.15, 0.2) is 0 Å². The molecular formula is C6H18N2Si.